The van der Waals surface area contributed by atoms with E-state index in [1.807, 2.05) is 32.3 Å². The van der Waals surface area contributed by atoms with Crippen LogP contribution in [0.4, 0.5) is 11.4 Å². The van der Waals surface area contributed by atoms with Gasteiger partial charge in [0, 0.05) is 30.3 Å². The number of benzene rings is 2. The lowest BCUT2D eigenvalue weighted by Crippen LogP contribution is -2.41. The van der Waals surface area contributed by atoms with Crippen LogP contribution in [0.25, 0.3) is 0 Å². The van der Waals surface area contributed by atoms with Gasteiger partial charge in [0.25, 0.3) is 11.6 Å². The monoisotopic (exact) mass is 382 g/mol. The summed E-state index contributed by atoms with van der Waals surface area (Å²) in [6.45, 7) is 0.455. The molecule has 1 unspecified atom stereocenters. The normalized spacial score (nSPS) is 14.5. The Morgan fingerprint density at radius 3 is 2.54 bits per heavy atom. The van der Waals surface area contributed by atoms with Gasteiger partial charge in [-0.3, -0.25) is 14.9 Å². The maximum atomic E-state index is 12.6. The highest BCUT2D eigenvalue weighted by Gasteiger charge is 2.25. The van der Waals surface area contributed by atoms with Crippen LogP contribution in [0, 0.1) is 10.1 Å². The van der Waals surface area contributed by atoms with E-state index < -0.39 is 4.92 Å². The molecule has 2 aromatic carbocycles. The summed E-state index contributed by atoms with van der Waals surface area (Å²) in [5, 5.41) is 17.4. The maximum absolute atomic E-state index is 12.6. The highest BCUT2D eigenvalue weighted by molar-refractivity contribution is 5.95. The Hall–Kier alpha value is -2.93. The van der Waals surface area contributed by atoms with Crippen molar-refractivity contribution in [2.24, 2.45) is 0 Å². The number of anilines is 1. The van der Waals surface area contributed by atoms with Gasteiger partial charge in [0.1, 0.15) is 5.69 Å². The number of carbonyl (C=O) groups is 1. The third kappa shape index (κ3) is 5.29. The van der Waals surface area contributed by atoms with E-state index in [1.165, 1.54) is 11.6 Å². The van der Waals surface area contributed by atoms with Crippen LogP contribution in [0.5, 0.6) is 0 Å². The third-order valence-electron chi connectivity index (χ3n) is 4.94. The number of carbonyl (C=O) groups excluding carboxylic acids is 1. The number of nitro benzene ring substituents is 1. The molecule has 1 fully saturated rings. The summed E-state index contributed by atoms with van der Waals surface area (Å²) in [7, 11) is 3.95. The van der Waals surface area contributed by atoms with Gasteiger partial charge in [-0.25, -0.2) is 0 Å². The summed E-state index contributed by atoms with van der Waals surface area (Å²) < 4.78 is 0. The fraction of sp³-hybridized carbons (Fsp3) is 0.381. The van der Waals surface area contributed by atoms with Crippen LogP contribution >= 0.6 is 0 Å². The molecule has 28 heavy (non-hydrogen) atoms. The summed E-state index contributed by atoms with van der Waals surface area (Å²) >= 11 is 0. The number of hydrogen-bond donors (Lipinski definition) is 2. The number of nitro groups is 1. The molecule has 0 saturated heterocycles. The van der Waals surface area contributed by atoms with Crippen molar-refractivity contribution in [3.63, 3.8) is 0 Å². The highest BCUT2D eigenvalue weighted by atomic mass is 16.6. The first-order valence-electron chi connectivity index (χ1n) is 9.47. The van der Waals surface area contributed by atoms with E-state index in [2.05, 4.69) is 27.7 Å². The summed E-state index contributed by atoms with van der Waals surface area (Å²) in [5.41, 5.74) is 1.90. The zero-order chi connectivity index (χ0) is 20.1. The summed E-state index contributed by atoms with van der Waals surface area (Å²) in [5.74, 6) is -0.305. The Morgan fingerprint density at radius 1 is 1.21 bits per heavy atom. The molecule has 0 bridgehead atoms. The second-order valence-electron chi connectivity index (χ2n) is 7.42. The molecule has 0 aromatic heterocycles. The van der Waals surface area contributed by atoms with Gasteiger partial charge in [0.2, 0.25) is 0 Å². The number of nitrogens with zero attached hydrogens (tertiary/aromatic N) is 2. The second-order valence-corrected chi connectivity index (χ2v) is 7.42. The molecule has 0 heterocycles. The van der Waals surface area contributed by atoms with Crippen molar-refractivity contribution < 1.29 is 9.72 Å². The molecule has 1 amide bonds. The number of likely N-dealkylation sites (N-methyl/N-ethyl adjacent to an activating group) is 1. The molecule has 148 valence electrons. The molecule has 7 heteroatoms. The van der Waals surface area contributed by atoms with Crippen molar-refractivity contribution in [3.05, 3.63) is 69.8 Å². The van der Waals surface area contributed by atoms with Crippen molar-refractivity contribution in [1.82, 2.24) is 10.2 Å². The van der Waals surface area contributed by atoms with E-state index in [9.17, 15) is 14.9 Å². The standard InChI is InChI=1S/C21H26N4O3/c1-24(2)18(12-15-6-4-3-5-7-15)14-22-21(26)16-8-11-19(23-17-9-10-17)20(13-16)25(27)28/h3-8,11,13,17-18,23H,9-10,12,14H2,1-2H3,(H,22,26). The minimum absolute atomic E-state index is 0.0620. The second kappa shape index (κ2) is 8.84. The van der Waals surface area contributed by atoms with Crippen LogP contribution < -0.4 is 10.6 Å². The number of amides is 1. The van der Waals surface area contributed by atoms with E-state index in [0.29, 0.717) is 23.8 Å². The minimum Gasteiger partial charge on any atom is -0.377 e. The number of nitrogens with one attached hydrogen (secondary N) is 2. The van der Waals surface area contributed by atoms with Crippen molar-refractivity contribution in [2.45, 2.75) is 31.3 Å². The van der Waals surface area contributed by atoms with Crippen LogP contribution in [0.3, 0.4) is 0 Å². The van der Waals surface area contributed by atoms with Crippen LogP contribution in [0.15, 0.2) is 48.5 Å². The molecule has 1 saturated carbocycles. The molecule has 1 atom stereocenters. The van der Waals surface area contributed by atoms with Crippen molar-refractivity contribution in [2.75, 3.05) is 26.0 Å². The van der Waals surface area contributed by atoms with E-state index >= 15 is 0 Å². The SMILES string of the molecule is CN(C)C(CNC(=O)c1ccc(NC2CC2)c([N+](=O)[O-])c1)Cc1ccccc1. The average molecular weight is 382 g/mol. The van der Waals surface area contributed by atoms with Gasteiger partial charge < -0.3 is 15.5 Å². The number of hydrogen-bond acceptors (Lipinski definition) is 5. The molecule has 3 rings (SSSR count). The van der Waals surface area contributed by atoms with Crippen molar-refractivity contribution in [3.8, 4) is 0 Å². The first kappa shape index (κ1) is 19.8. The molecule has 2 aromatic rings. The number of rotatable bonds is 9. The van der Waals surface area contributed by atoms with E-state index in [-0.39, 0.29) is 17.6 Å². The predicted octanol–water partition coefficient (Wildman–Crippen LogP) is 3.07. The Labute approximate surface area is 164 Å². The minimum atomic E-state index is -0.445. The third-order valence-corrected chi connectivity index (χ3v) is 4.94. The van der Waals surface area contributed by atoms with E-state index in [0.717, 1.165) is 19.3 Å². The van der Waals surface area contributed by atoms with E-state index in [1.54, 1.807) is 12.1 Å². The molecule has 0 spiro atoms. The average Bonchev–Trinajstić information content (AvgIpc) is 3.49. The van der Waals surface area contributed by atoms with Gasteiger partial charge in [-0.15, -0.1) is 0 Å². The van der Waals surface area contributed by atoms with Gasteiger partial charge in [0.15, 0.2) is 0 Å². The first-order chi connectivity index (χ1) is 13.4. The fourth-order valence-corrected chi connectivity index (χ4v) is 3.03. The molecule has 7 nitrogen and oxygen atoms in total. The molecule has 2 N–H and O–H groups in total. The summed E-state index contributed by atoms with van der Waals surface area (Å²) in [6.07, 6.45) is 2.85. The smallest absolute Gasteiger partial charge is 0.293 e. The van der Waals surface area contributed by atoms with Gasteiger partial charge in [-0.05, 0) is 51.1 Å². The Bertz CT molecular complexity index is 835. The van der Waals surface area contributed by atoms with Gasteiger partial charge in [-0.2, -0.15) is 0 Å². The summed E-state index contributed by atoms with van der Waals surface area (Å²) in [4.78, 5) is 25.6. The fourth-order valence-electron chi connectivity index (χ4n) is 3.03. The van der Waals surface area contributed by atoms with Gasteiger partial charge in [-0.1, -0.05) is 30.3 Å². The lowest BCUT2D eigenvalue weighted by Gasteiger charge is -2.24. The highest BCUT2D eigenvalue weighted by Crippen LogP contribution is 2.31. The zero-order valence-electron chi connectivity index (χ0n) is 16.2. The molecule has 0 radical (unpaired) electrons. The quantitative estimate of drug-likeness (QED) is 0.514. The maximum Gasteiger partial charge on any atom is 0.293 e. The molecule has 1 aliphatic rings. The van der Waals surface area contributed by atoms with E-state index in [4.69, 9.17) is 0 Å². The van der Waals surface area contributed by atoms with Crippen LogP contribution in [0.1, 0.15) is 28.8 Å². The molecule has 1 aliphatic carbocycles. The topological polar surface area (TPSA) is 87.5 Å². The Balaban J connectivity index is 1.65. The lowest BCUT2D eigenvalue weighted by atomic mass is 10.0. The zero-order valence-corrected chi connectivity index (χ0v) is 16.2. The summed E-state index contributed by atoms with van der Waals surface area (Å²) in [6, 6.07) is 15.1. The molecular weight excluding hydrogens is 356 g/mol. The van der Waals surface area contributed by atoms with Crippen LogP contribution in [-0.4, -0.2) is 48.5 Å². The van der Waals surface area contributed by atoms with Crippen molar-refractivity contribution in [1.29, 1.82) is 0 Å². The van der Waals surface area contributed by atoms with Gasteiger partial charge in [0.05, 0.1) is 4.92 Å². The predicted molar refractivity (Wildman–Crippen MR) is 110 cm³/mol. The van der Waals surface area contributed by atoms with Crippen LogP contribution in [-0.2, 0) is 6.42 Å². The van der Waals surface area contributed by atoms with Crippen molar-refractivity contribution >= 4 is 17.3 Å². The lowest BCUT2D eigenvalue weighted by molar-refractivity contribution is -0.384. The largest absolute Gasteiger partial charge is 0.377 e. The Morgan fingerprint density at radius 2 is 1.93 bits per heavy atom. The molecule has 0 aliphatic heterocycles. The van der Waals surface area contributed by atoms with Gasteiger partial charge >= 0.3 is 0 Å². The Kier molecular flexibility index (Phi) is 6.26. The first-order valence-corrected chi connectivity index (χ1v) is 9.47. The molecular formula is C21H26N4O3. The van der Waals surface area contributed by atoms with Crippen LogP contribution in [0.2, 0.25) is 0 Å².